The highest BCUT2D eigenvalue weighted by Crippen LogP contribution is 2.34. The van der Waals surface area contributed by atoms with Crippen LogP contribution in [-0.2, 0) is 4.74 Å². The number of hydrogen-bond donors (Lipinski definition) is 0. The van der Waals surface area contributed by atoms with Gasteiger partial charge in [0.15, 0.2) is 0 Å². The summed E-state index contributed by atoms with van der Waals surface area (Å²) in [4.78, 5) is 24.1. The number of benzene rings is 2. The second-order valence-electron chi connectivity index (χ2n) is 6.69. The summed E-state index contributed by atoms with van der Waals surface area (Å²) in [6, 6.07) is 12.5. The van der Waals surface area contributed by atoms with E-state index in [9.17, 15) is 14.9 Å². The monoisotopic (exact) mass is 369 g/mol. The van der Waals surface area contributed by atoms with E-state index in [0.29, 0.717) is 17.1 Å². The number of nitro benzene ring substituents is 1. The van der Waals surface area contributed by atoms with Gasteiger partial charge >= 0.3 is 6.09 Å². The van der Waals surface area contributed by atoms with Crippen LogP contribution in [0.1, 0.15) is 26.3 Å². The van der Waals surface area contributed by atoms with Crippen molar-refractivity contribution in [3.63, 3.8) is 0 Å². The fourth-order valence-electron chi connectivity index (χ4n) is 2.15. The smallest absolute Gasteiger partial charge is 0.414 e. The van der Waals surface area contributed by atoms with E-state index in [1.54, 1.807) is 45.0 Å². The van der Waals surface area contributed by atoms with E-state index in [-0.39, 0.29) is 11.4 Å². The topological polar surface area (TPSA) is 106 Å². The Morgan fingerprint density at radius 2 is 1.74 bits per heavy atom. The van der Waals surface area contributed by atoms with Crippen molar-refractivity contribution in [3.8, 4) is 17.6 Å². The van der Waals surface area contributed by atoms with Crippen LogP contribution in [0.5, 0.6) is 11.5 Å². The maximum absolute atomic E-state index is 12.3. The van der Waals surface area contributed by atoms with Crippen LogP contribution < -0.4 is 9.64 Å². The van der Waals surface area contributed by atoms with Crippen LogP contribution in [0.15, 0.2) is 42.5 Å². The molecule has 0 fully saturated rings. The van der Waals surface area contributed by atoms with Crippen molar-refractivity contribution in [1.82, 2.24) is 0 Å². The Morgan fingerprint density at radius 3 is 2.26 bits per heavy atom. The molecule has 0 aliphatic carbocycles. The summed E-state index contributed by atoms with van der Waals surface area (Å²) < 4.78 is 10.9. The predicted molar refractivity (Wildman–Crippen MR) is 99.0 cm³/mol. The van der Waals surface area contributed by atoms with Gasteiger partial charge in [0.25, 0.3) is 5.69 Å². The van der Waals surface area contributed by atoms with Gasteiger partial charge in [0.05, 0.1) is 16.6 Å². The number of nitriles is 1. The van der Waals surface area contributed by atoms with Crippen molar-refractivity contribution in [2.24, 2.45) is 0 Å². The zero-order chi connectivity index (χ0) is 20.2. The third kappa shape index (κ3) is 5.19. The summed E-state index contributed by atoms with van der Waals surface area (Å²) in [5.74, 6) is 0.754. The first-order chi connectivity index (χ1) is 12.6. The van der Waals surface area contributed by atoms with Gasteiger partial charge in [0.2, 0.25) is 0 Å². The lowest BCUT2D eigenvalue weighted by atomic mass is 10.2. The molecule has 0 saturated carbocycles. The van der Waals surface area contributed by atoms with E-state index < -0.39 is 16.6 Å². The Hall–Kier alpha value is -3.60. The van der Waals surface area contributed by atoms with E-state index in [1.807, 2.05) is 6.07 Å². The molecular weight excluding hydrogens is 350 g/mol. The standard InChI is InChI=1S/C19H19N3O5/c1-19(2,3)27-18(23)21(4)17-11-15(9-10-16(17)22(24)25)26-14-7-5-13(12-20)6-8-14/h5-11H,1-4H3. The predicted octanol–water partition coefficient (Wildman–Crippen LogP) is 4.63. The van der Waals surface area contributed by atoms with Crippen molar-refractivity contribution in [3.05, 3.63) is 58.1 Å². The molecule has 0 aromatic heterocycles. The Kier molecular flexibility index (Phi) is 5.66. The molecule has 0 bridgehead atoms. The molecule has 0 aliphatic heterocycles. The van der Waals surface area contributed by atoms with Crippen LogP contribution in [0.2, 0.25) is 0 Å². The Bertz CT molecular complexity index is 895. The van der Waals surface area contributed by atoms with Crippen molar-refractivity contribution in [2.45, 2.75) is 26.4 Å². The molecule has 0 spiro atoms. The van der Waals surface area contributed by atoms with Crippen molar-refractivity contribution in [1.29, 1.82) is 5.26 Å². The van der Waals surface area contributed by atoms with Crippen LogP contribution in [-0.4, -0.2) is 23.7 Å². The van der Waals surface area contributed by atoms with Crippen molar-refractivity contribution < 1.29 is 19.2 Å². The normalized spacial score (nSPS) is 10.6. The molecule has 2 aromatic rings. The molecule has 2 aromatic carbocycles. The molecule has 27 heavy (non-hydrogen) atoms. The third-order valence-electron chi connectivity index (χ3n) is 3.39. The summed E-state index contributed by atoms with van der Waals surface area (Å²) >= 11 is 0. The van der Waals surface area contributed by atoms with Gasteiger partial charge in [-0.15, -0.1) is 0 Å². The Morgan fingerprint density at radius 1 is 1.15 bits per heavy atom. The highest BCUT2D eigenvalue weighted by Gasteiger charge is 2.26. The van der Waals surface area contributed by atoms with E-state index in [1.165, 1.54) is 25.2 Å². The van der Waals surface area contributed by atoms with Gasteiger partial charge in [-0.2, -0.15) is 5.26 Å². The zero-order valence-corrected chi connectivity index (χ0v) is 15.4. The first kappa shape index (κ1) is 19.7. The lowest BCUT2D eigenvalue weighted by molar-refractivity contribution is -0.384. The number of hydrogen-bond acceptors (Lipinski definition) is 6. The summed E-state index contributed by atoms with van der Waals surface area (Å²) in [7, 11) is 1.39. The summed E-state index contributed by atoms with van der Waals surface area (Å²) in [6.45, 7) is 5.12. The number of carbonyl (C=O) groups is 1. The number of nitro groups is 1. The first-order valence-corrected chi connectivity index (χ1v) is 8.04. The average molecular weight is 369 g/mol. The van der Waals surface area contributed by atoms with Crippen LogP contribution >= 0.6 is 0 Å². The summed E-state index contributed by atoms with van der Waals surface area (Å²) in [6.07, 6.45) is -0.721. The maximum Gasteiger partial charge on any atom is 0.414 e. The SMILES string of the molecule is CN(C(=O)OC(C)(C)C)c1cc(Oc2ccc(C#N)cc2)ccc1[N+](=O)[O-]. The first-order valence-electron chi connectivity index (χ1n) is 8.04. The van der Waals surface area contributed by atoms with E-state index in [2.05, 4.69) is 0 Å². The molecule has 8 nitrogen and oxygen atoms in total. The molecule has 8 heteroatoms. The van der Waals surface area contributed by atoms with Crippen LogP contribution in [0, 0.1) is 21.4 Å². The van der Waals surface area contributed by atoms with Gasteiger partial charge in [-0.25, -0.2) is 4.79 Å². The van der Waals surface area contributed by atoms with Crippen LogP contribution in [0.25, 0.3) is 0 Å². The molecular formula is C19H19N3O5. The number of amides is 1. The van der Waals surface area contributed by atoms with E-state index in [0.717, 1.165) is 4.90 Å². The largest absolute Gasteiger partial charge is 0.457 e. The number of ether oxygens (including phenoxy) is 2. The fraction of sp³-hybridized carbons (Fsp3) is 0.263. The summed E-state index contributed by atoms with van der Waals surface area (Å²) in [5, 5.41) is 20.2. The van der Waals surface area contributed by atoms with Crippen molar-refractivity contribution >= 4 is 17.5 Å². The van der Waals surface area contributed by atoms with Crippen molar-refractivity contribution in [2.75, 3.05) is 11.9 Å². The lowest BCUT2D eigenvalue weighted by Gasteiger charge is -2.24. The second kappa shape index (κ2) is 7.74. The van der Waals surface area contributed by atoms with Crippen LogP contribution in [0.3, 0.4) is 0 Å². The van der Waals surface area contributed by atoms with E-state index >= 15 is 0 Å². The molecule has 2 rings (SSSR count). The second-order valence-corrected chi connectivity index (χ2v) is 6.69. The fourth-order valence-corrected chi connectivity index (χ4v) is 2.15. The summed E-state index contributed by atoms with van der Waals surface area (Å²) in [5.41, 5.74) is -0.469. The molecule has 0 heterocycles. The Balaban J connectivity index is 2.34. The highest BCUT2D eigenvalue weighted by molar-refractivity contribution is 5.90. The van der Waals surface area contributed by atoms with Gasteiger partial charge in [-0.1, -0.05) is 0 Å². The van der Waals surface area contributed by atoms with Gasteiger partial charge in [0, 0.05) is 19.2 Å². The van der Waals surface area contributed by atoms with Gasteiger partial charge in [-0.3, -0.25) is 15.0 Å². The average Bonchev–Trinajstić information content (AvgIpc) is 2.60. The molecule has 1 amide bonds. The van der Waals surface area contributed by atoms with Gasteiger partial charge < -0.3 is 9.47 Å². The Labute approximate surface area is 156 Å². The number of carbonyl (C=O) groups excluding carboxylic acids is 1. The van der Waals surface area contributed by atoms with E-state index in [4.69, 9.17) is 14.7 Å². The number of anilines is 1. The molecule has 0 radical (unpaired) electrons. The molecule has 140 valence electrons. The number of rotatable bonds is 4. The molecule has 0 N–H and O–H groups in total. The molecule has 0 aliphatic rings. The molecule has 0 atom stereocenters. The highest BCUT2D eigenvalue weighted by atomic mass is 16.6. The lowest BCUT2D eigenvalue weighted by Crippen LogP contribution is -2.34. The maximum atomic E-state index is 12.3. The van der Waals surface area contributed by atoms with Crippen LogP contribution in [0.4, 0.5) is 16.2 Å². The minimum atomic E-state index is -0.739. The minimum absolute atomic E-state index is 0.0420. The quantitative estimate of drug-likeness (QED) is 0.574. The minimum Gasteiger partial charge on any atom is -0.457 e. The molecule has 0 unspecified atom stereocenters. The number of nitrogens with zero attached hydrogens (tertiary/aromatic N) is 3. The van der Waals surface area contributed by atoms with Gasteiger partial charge in [0.1, 0.15) is 22.8 Å². The zero-order valence-electron chi connectivity index (χ0n) is 15.4. The van der Waals surface area contributed by atoms with Gasteiger partial charge in [-0.05, 0) is 51.1 Å². The third-order valence-corrected chi connectivity index (χ3v) is 3.39. The molecule has 0 saturated heterocycles.